The Kier molecular flexibility index (Phi) is 4.34. The molecular weight excluding hydrogens is 302 g/mol. The van der Waals surface area contributed by atoms with Crippen LogP contribution in [0.5, 0.6) is 11.5 Å². The van der Waals surface area contributed by atoms with Crippen LogP contribution in [-0.4, -0.2) is 30.7 Å². The lowest BCUT2D eigenvalue weighted by atomic mass is 10.0. The van der Waals surface area contributed by atoms with Crippen LogP contribution < -0.4 is 14.4 Å². The van der Waals surface area contributed by atoms with Crippen LogP contribution in [-0.2, 0) is 0 Å². The lowest BCUT2D eigenvalue weighted by Gasteiger charge is -2.27. The van der Waals surface area contributed by atoms with Gasteiger partial charge in [0.15, 0.2) is 0 Å². The van der Waals surface area contributed by atoms with Gasteiger partial charge in [0.1, 0.15) is 22.5 Å². The molecule has 116 valence electrons. The summed E-state index contributed by atoms with van der Waals surface area (Å²) in [5, 5.41) is 0.407. The Hall–Kier alpha value is -2.01. The van der Waals surface area contributed by atoms with E-state index in [1.165, 1.54) is 0 Å². The Morgan fingerprint density at radius 2 is 2.09 bits per heavy atom. The zero-order valence-electron chi connectivity index (χ0n) is 12.6. The molecule has 1 fully saturated rings. The fourth-order valence-electron chi connectivity index (χ4n) is 2.93. The molecule has 1 aliphatic rings. The third kappa shape index (κ3) is 2.81. The summed E-state index contributed by atoms with van der Waals surface area (Å²) in [7, 11) is 3.33. The standard InChI is InChI=1S/C16H18ClN3O2/c1-21-11-5-6-12(14(8-11)22-2)13-4-3-7-20(13)16-10-18-9-15(17)19-16/h5-6,8-10,13H,3-4,7H2,1-2H3. The predicted octanol–water partition coefficient (Wildman–Crippen LogP) is 3.49. The predicted molar refractivity (Wildman–Crippen MR) is 85.9 cm³/mol. The average molecular weight is 320 g/mol. The van der Waals surface area contributed by atoms with Crippen molar-refractivity contribution in [1.29, 1.82) is 0 Å². The highest BCUT2D eigenvalue weighted by molar-refractivity contribution is 6.29. The van der Waals surface area contributed by atoms with Crippen LogP contribution in [0.2, 0.25) is 5.15 Å². The van der Waals surface area contributed by atoms with Gasteiger partial charge in [-0.3, -0.25) is 4.98 Å². The minimum Gasteiger partial charge on any atom is -0.497 e. The zero-order chi connectivity index (χ0) is 15.5. The number of nitrogens with zero attached hydrogens (tertiary/aromatic N) is 3. The van der Waals surface area contributed by atoms with Crippen molar-refractivity contribution in [3.05, 3.63) is 41.3 Å². The molecule has 0 amide bonds. The molecule has 0 saturated carbocycles. The number of methoxy groups -OCH3 is 2. The molecule has 0 radical (unpaired) electrons. The van der Waals surface area contributed by atoms with Crippen molar-refractivity contribution in [1.82, 2.24) is 9.97 Å². The number of benzene rings is 1. The van der Waals surface area contributed by atoms with Crippen LogP contribution in [0.3, 0.4) is 0 Å². The number of hydrogen-bond donors (Lipinski definition) is 0. The van der Waals surface area contributed by atoms with Gasteiger partial charge in [-0.05, 0) is 25.0 Å². The first-order chi connectivity index (χ1) is 10.7. The van der Waals surface area contributed by atoms with Gasteiger partial charge in [-0.1, -0.05) is 11.6 Å². The molecule has 1 aliphatic heterocycles. The van der Waals surface area contributed by atoms with E-state index >= 15 is 0 Å². The first-order valence-electron chi connectivity index (χ1n) is 7.19. The Bertz CT molecular complexity index is 666. The van der Waals surface area contributed by atoms with Gasteiger partial charge in [-0.15, -0.1) is 0 Å². The van der Waals surface area contributed by atoms with Gasteiger partial charge in [-0.2, -0.15) is 0 Å². The van der Waals surface area contributed by atoms with Crippen LogP contribution in [0.15, 0.2) is 30.6 Å². The van der Waals surface area contributed by atoms with Crippen molar-refractivity contribution in [2.45, 2.75) is 18.9 Å². The van der Waals surface area contributed by atoms with Crippen LogP contribution in [0.4, 0.5) is 5.82 Å². The van der Waals surface area contributed by atoms with Gasteiger partial charge in [0.2, 0.25) is 0 Å². The number of aromatic nitrogens is 2. The fraction of sp³-hybridized carbons (Fsp3) is 0.375. The average Bonchev–Trinajstić information content (AvgIpc) is 3.03. The number of anilines is 1. The molecule has 1 aromatic carbocycles. The van der Waals surface area contributed by atoms with Crippen molar-refractivity contribution >= 4 is 17.4 Å². The van der Waals surface area contributed by atoms with E-state index in [4.69, 9.17) is 21.1 Å². The second kappa shape index (κ2) is 6.40. The van der Waals surface area contributed by atoms with E-state index in [9.17, 15) is 0 Å². The van der Waals surface area contributed by atoms with Gasteiger partial charge in [0.05, 0.1) is 32.7 Å². The molecule has 2 heterocycles. The summed E-state index contributed by atoms with van der Waals surface area (Å²) in [6, 6.07) is 6.13. The maximum Gasteiger partial charge on any atom is 0.149 e. The monoisotopic (exact) mass is 319 g/mol. The SMILES string of the molecule is COc1ccc(C2CCCN2c2cncc(Cl)n2)c(OC)c1. The van der Waals surface area contributed by atoms with E-state index in [2.05, 4.69) is 20.9 Å². The number of ether oxygens (including phenoxy) is 2. The molecule has 1 saturated heterocycles. The van der Waals surface area contributed by atoms with Crippen molar-refractivity contribution in [2.24, 2.45) is 0 Å². The van der Waals surface area contributed by atoms with E-state index in [1.54, 1.807) is 26.6 Å². The topological polar surface area (TPSA) is 47.5 Å². The second-order valence-corrected chi connectivity index (χ2v) is 5.55. The highest BCUT2D eigenvalue weighted by atomic mass is 35.5. The van der Waals surface area contributed by atoms with Crippen molar-refractivity contribution < 1.29 is 9.47 Å². The summed E-state index contributed by atoms with van der Waals surface area (Å²) in [6.07, 6.45) is 5.43. The summed E-state index contributed by atoms with van der Waals surface area (Å²) in [5.74, 6) is 2.41. The molecule has 1 unspecified atom stereocenters. The van der Waals surface area contributed by atoms with Gasteiger partial charge < -0.3 is 14.4 Å². The van der Waals surface area contributed by atoms with E-state index in [-0.39, 0.29) is 6.04 Å². The maximum absolute atomic E-state index is 5.97. The number of rotatable bonds is 4. The van der Waals surface area contributed by atoms with E-state index in [1.807, 2.05) is 12.1 Å². The minimum absolute atomic E-state index is 0.202. The van der Waals surface area contributed by atoms with Gasteiger partial charge in [-0.25, -0.2) is 4.98 Å². The smallest absolute Gasteiger partial charge is 0.149 e. The molecule has 1 atom stereocenters. The van der Waals surface area contributed by atoms with Crippen molar-refractivity contribution in [2.75, 3.05) is 25.7 Å². The summed E-state index contributed by atoms with van der Waals surface area (Å²) in [4.78, 5) is 10.7. The summed E-state index contributed by atoms with van der Waals surface area (Å²) < 4.78 is 10.8. The zero-order valence-corrected chi connectivity index (χ0v) is 13.4. The Balaban J connectivity index is 1.96. The molecule has 1 aromatic heterocycles. The molecular formula is C16H18ClN3O2. The fourth-order valence-corrected chi connectivity index (χ4v) is 3.07. The van der Waals surface area contributed by atoms with Crippen LogP contribution in [0.1, 0.15) is 24.4 Å². The Morgan fingerprint density at radius 3 is 2.82 bits per heavy atom. The molecule has 22 heavy (non-hydrogen) atoms. The molecule has 0 spiro atoms. The largest absolute Gasteiger partial charge is 0.497 e. The minimum atomic E-state index is 0.202. The van der Waals surface area contributed by atoms with Crippen molar-refractivity contribution in [3.8, 4) is 11.5 Å². The number of hydrogen-bond acceptors (Lipinski definition) is 5. The first kappa shape index (κ1) is 14.9. The molecule has 0 N–H and O–H groups in total. The normalized spacial score (nSPS) is 17.6. The van der Waals surface area contributed by atoms with Gasteiger partial charge in [0, 0.05) is 18.2 Å². The summed E-state index contributed by atoms with van der Waals surface area (Å²) in [6.45, 7) is 0.925. The van der Waals surface area contributed by atoms with Crippen LogP contribution in [0, 0.1) is 0 Å². The molecule has 5 nitrogen and oxygen atoms in total. The van der Waals surface area contributed by atoms with Gasteiger partial charge >= 0.3 is 0 Å². The lowest BCUT2D eigenvalue weighted by molar-refractivity contribution is 0.388. The van der Waals surface area contributed by atoms with Crippen LogP contribution in [0.25, 0.3) is 0 Å². The Morgan fingerprint density at radius 1 is 1.23 bits per heavy atom. The molecule has 0 aliphatic carbocycles. The molecule has 2 aromatic rings. The maximum atomic E-state index is 5.97. The quantitative estimate of drug-likeness (QED) is 0.863. The summed E-state index contributed by atoms with van der Waals surface area (Å²) in [5.41, 5.74) is 1.13. The third-order valence-electron chi connectivity index (χ3n) is 3.94. The summed E-state index contributed by atoms with van der Waals surface area (Å²) >= 11 is 5.97. The molecule has 3 rings (SSSR count). The third-order valence-corrected chi connectivity index (χ3v) is 4.12. The lowest BCUT2D eigenvalue weighted by Crippen LogP contribution is -2.24. The highest BCUT2D eigenvalue weighted by Gasteiger charge is 2.29. The first-order valence-corrected chi connectivity index (χ1v) is 7.57. The Labute approximate surface area is 134 Å². The van der Waals surface area contributed by atoms with Gasteiger partial charge in [0.25, 0.3) is 0 Å². The van der Waals surface area contributed by atoms with E-state index in [0.29, 0.717) is 5.15 Å². The molecule has 6 heteroatoms. The van der Waals surface area contributed by atoms with E-state index in [0.717, 1.165) is 42.3 Å². The number of halogens is 1. The van der Waals surface area contributed by atoms with Crippen LogP contribution >= 0.6 is 11.6 Å². The highest BCUT2D eigenvalue weighted by Crippen LogP contribution is 2.40. The van der Waals surface area contributed by atoms with E-state index < -0.39 is 0 Å². The second-order valence-electron chi connectivity index (χ2n) is 5.16. The molecule has 0 bridgehead atoms. The van der Waals surface area contributed by atoms with Crippen molar-refractivity contribution in [3.63, 3.8) is 0 Å².